The first-order valence-electron chi connectivity index (χ1n) is 18.9. The Bertz CT molecular complexity index is 766. The van der Waals surface area contributed by atoms with Gasteiger partial charge < -0.3 is 28.3 Å². The average Bonchev–Trinajstić information content (AvgIpc) is 3.02. The van der Waals surface area contributed by atoms with Crippen LogP contribution >= 0.6 is 7.82 Å². The van der Waals surface area contributed by atoms with Gasteiger partial charge in [0.2, 0.25) is 0 Å². The molecule has 0 heterocycles. The zero-order valence-corrected chi connectivity index (χ0v) is 30.6. The first-order valence-corrected chi connectivity index (χ1v) is 20.4. The fourth-order valence-corrected chi connectivity index (χ4v) is 5.77. The lowest BCUT2D eigenvalue weighted by Crippen LogP contribution is -2.31. The Balaban J connectivity index is 3.96. The largest absolute Gasteiger partial charge is 0.790 e. The summed E-state index contributed by atoms with van der Waals surface area (Å²) in [7, 11) is -5.24. The average molecular weight is 673 g/mol. The SMILES string of the molecule is CCCCCCCC/C=C\CCCCCCCC(=O)O[C@H](COC(=O)CCCCCCCCCCCCCCC)COP(=O)([O-])[O-]. The smallest absolute Gasteiger partial charge is 0.306 e. The minimum atomic E-state index is -5.24. The number of hydrogen-bond acceptors (Lipinski definition) is 8. The Labute approximate surface area is 282 Å². The molecule has 0 aliphatic rings. The molecule has 0 N–H and O–H groups in total. The van der Waals surface area contributed by atoms with Gasteiger partial charge in [0, 0.05) is 12.8 Å². The van der Waals surface area contributed by atoms with Crippen molar-refractivity contribution in [2.75, 3.05) is 13.2 Å². The second kappa shape index (κ2) is 33.7. The summed E-state index contributed by atoms with van der Waals surface area (Å²) < 4.78 is 25.7. The van der Waals surface area contributed by atoms with Crippen LogP contribution in [0.2, 0.25) is 0 Å². The minimum Gasteiger partial charge on any atom is -0.790 e. The molecule has 272 valence electrons. The normalized spacial score (nSPS) is 12.5. The molecule has 0 rings (SSSR count). The van der Waals surface area contributed by atoms with Gasteiger partial charge in [-0.15, -0.1) is 0 Å². The second-order valence-corrected chi connectivity index (χ2v) is 14.0. The number of esters is 2. The highest BCUT2D eigenvalue weighted by Gasteiger charge is 2.18. The summed E-state index contributed by atoms with van der Waals surface area (Å²) in [5, 5.41) is 0. The van der Waals surface area contributed by atoms with E-state index in [2.05, 4.69) is 30.5 Å². The Morgan fingerprint density at radius 2 is 0.913 bits per heavy atom. The Morgan fingerprint density at radius 3 is 1.33 bits per heavy atom. The number of rotatable bonds is 35. The van der Waals surface area contributed by atoms with Crippen LogP contribution in [-0.4, -0.2) is 31.3 Å². The quantitative estimate of drug-likeness (QED) is 0.0282. The standard InChI is InChI=1S/C37H71O8P/c1-3-5-7-9-11-13-15-17-18-20-22-24-26-28-30-32-37(39)45-35(34-44-46(40,41)42)33-43-36(38)31-29-27-25-23-21-19-16-14-12-10-8-6-4-2/h17-18,35H,3-16,19-34H2,1-2H3,(H2,40,41,42)/p-2/b18-17-/t35-/m1/s1. The lowest BCUT2D eigenvalue weighted by atomic mass is 10.0. The minimum absolute atomic E-state index is 0.175. The fourth-order valence-electron chi connectivity index (χ4n) is 5.42. The number of phosphoric acid groups is 1. The van der Waals surface area contributed by atoms with Gasteiger partial charge in [0.25, 0.3) is 0 Å². The lowest BCUT2D eigenvalue weighted by molar-refractivity contribution is -0.343. The highest BCUT2D eigenvalue weighted by molar-refractivity contribution is 7.43. The third-order valence-corrected chi connectivity index (χ3v) is 8.74. The zero-order chi connectivity index (χ0) is 34.0. The molecule has 8 nitrogen and oxygen atoms in total. The Kier molecular flexibility index (Phi) is 32.8. The van der Waals surface area contributed by atoms with Gasteiger partial charge in [-0.25, -0.2) is 0 Å². The van der Waals surface area contributed by atoms with Crippen molar-refractivity contribution in [3.05, 3.63) is 12.2 Å². The molecule has 0 saturated heterocycles. The van der Waals surface area contributed by atoms with Gasteiger partial charge in [-0.3, -0.25) is 9.59 Å². The van der Waals surface area contributed by atoms with Crippen molar-refractivity contribution in [2.24, 2.45) is 0 Å². The fraction of sp³-hybridized carbons (Fsp3) is 0.892. The molecular formula is C37H69O8P-2. The number of ether oxygens (including phenoxy) is 2. The molecule has 0 aromatic rings. The number of allylic oxidation sites excluding steroid dienone is 2. The van der Waals surface area contributed by atoms with Gasteiger partial charge in [0.1, 0.15) is 6.61 Å². The van der Waals surface area contributed by atoms with Crippen molar-refractivity contribution in [2.45, 2.75) is 200 Å². The zero-order valence-electron chi connectivity index (χ0n) is 29.7. The Hall–Kier alpha value is -1.21. The summed E-state index contributed by atoms with van der Waals surface area (Å²) in [5.41, 5.74) is 0. The van der Waals surface area contributed by atoms with Gasteiger partial charge >= 0.3 is 11.9 Å². The molecule has 0 aliphatic heterocycles. The summed E-state index contributed by atoms with van der Waals surface area (Å²) in [6, 6.07) is 0. The van der Waals surface area contributed by atoms with E-state index in [0.717, 1.165) is 44.9 Å². The van der Waals surface area contributed by atoms with Crippen LogP contribution in [0.3, 0.4) is 0 Å². The summed E-state index contributed by atoms with van der Waals surface area (Å²) in [5.74, 6) is -0.959. The molecule has 0 fully saturated rings. The van der Waals surface area contributed by atoms with Crippen molar-refractivity contribution in [3.8, 4) is 0 Å². The number of unbranched alkanes of at least 4 members (excludes halogenated alkanes) is 23. The van der Waals surface area contributed by atoms with Crippen LogP contribution in [0.25, 0.3) is 0 Å². The predicted octanol–water partition coefficient (Wildman–Crippen LogP) is 9.81. The van der Waals surface area contributed by atoms with Crippen LogP contribution < -0.4 is 9.79 Å². The molecule has 0 aliphatic carbocycles. The third kappa shape index (κ3) is 35.6. The molecule has 0 saturated carbocycles. The van der Waals surface area contributed by atoms with Crippen molar-refractivity contribution < 1.29 is 37.9 Å². The van der Waals surface area contributed by atoms with Gasteiger partial charge in [-0.2, -0.15) is 0 Å². The maximum atomic E-state index is 12.3. The van der Waals surface area contributed by atoms with E-state index >= 15 is 0 Å². The number of hydrogen-bond donors (Lipinski definition) is 0. The van der Waals surface area contributed by atoms with Crippen molar-refractivity contribution in [3.63, 3.8) is 0 Å². The number of phosphoric ester groups is 1. The maximum absolute atomic E-state index is 12.3. The van der Waals surface area contributed by atoms with E-state index in [1.54, 1.807) is 0 Å². The van der Waals surface area contributed by atoms with Gasteiger partial charge in [-0.05, 0) is 38.5 Å². The highest BCUT2D eigenvalue weighted by Crippen LogP contribution is 2.25. The molecule has 0 aromatic heterocycles. The first-order chi connectivity index (χ1) is 22.3. The maximum Gasteiger partial charge on any atom is 0.306 e. The summed E-state index contributed by atoms with van der Waals surface area (Å²) in [6.07, 6.45) is 34.6. The lowest BCUT2D eigenvalue weighted by Gasteiger charge is -2.30. The molecular weight excluding hydrogens is 603 g/mol. The van der Waals surface area contributed by atoms with E-state index in [0.29, 0.717) is 12.8 Å². The summed E-state index contributed by atoms with van der Waals surface area (Å²) >= 11 is 0. The highest BCUT2D eigenvalue weighted by atomic mass is 31.2. The summed E-state index contributed by atoms with van der Waals surface area (Å²) in [4.78, 5) is 46.4. The van der Waals surface area contributed by atoms with Crippen LogP contribution in [0.15, 0.2) is 12.2 Å². The summed E-state index contributed by atoms with van der Waals surface area (Å²) in [6.45, 7) is 3.48. The molecule has 0 unspecified atom stereocenters. The second-order valence-electron chi connectivity index (χ2n) is 12.9. The topological polar surface area (TPSA) is 125 Å². The first kappa shape index (κ1) is 44.8. The predicted molar refractivity (Wildman–Crippen MR) is 184 cm³/mol. The van der Waals surface area contributed by atoms with E-state index in [1.807, 2.05) is 0 Å². The number of carbonyl (C=O) groups excluding carboxylic acids is 2. The van der Waals surface area contributed by atoms with Crippen molar-refractivity contribution >= 4 is 19.8 Å². The molecule has 0 amide bonds. The van der Waals surface area contributed by atoms with Crippen LogP contribution in [0, 0.1) is 0 Å². The van der Waals surface area contributed by atoms with E-state index in [1.165, 1.54) is 109 Å². The van der Waals surface area contributed by atoms with Crippen LogP contribution in [-0.2, 0) is 28.2 Å². The van der Waals surface area contributed by atoms with Gasteiger partial charge in [0.15, 0.2) is 6.10 Å². The molecule has 0 bridgehead atoms. The Morgan fingerprint density at radius 1 is 0.543 bits per heavy atom. The van der Waals surface area contributed by atoms with E-state index in [-0.39, 0.29) is 19.4 Å². The molecule has 0 spiro atoms. The molecule has 46 heavy (non-hydrogen) atoms. The van der Waals surface area contributed by atoms with E-state index in [4.69, 9.17) is 9.47 Å². The third-order valence-electron chi connectivity index (χ3n) is 8.27. The van der Waals surface area contributed by atoms with Crippen molar-refractivity contribution in [1.29, 1.82) is 0 Å². The van der Waals surface area contributed by atoms with E-state index in [9.17, 15) is 23.9 Å². The number of carbonyl (C=O) groups is 2. The van der Waals surface area contributed by atoms with Crippen LogP contribution in [0.4, 0.5) is 0 Å². The molecule has 9 heteroatoms. The van der Waals surface area contributed by atoms with Gasteiger partial charge in [-0.1, -0.05) is 154 Å². The monoisotopic (exact) mass is 672 g/mol. The van der Waals surface area contributed by atoms with Crippen LogP contribution in [0.5, 0.6) is 0 Å². The molecule has 1 atom stereocenters. The van der Waals surface area contributed by atoms with E-state index < -0.39 is 32.5 Å². The van der Waals surface area contributed by atoms with Crippen molar-refractivity contribution in [1.82, 2.24) is 0 Å². The van der Waals surface area contributed by atoms with Crippen LogP contribution in [0.1, 0.15) is 194 Å². The van der Waals surface area contributed by atoms with Gasteiger partial charge in [0.05, 0.1) is 14.4 Å². The molecule has 0 aromatic carbocycles. The molecule has 0 radical (unpaired) electrons.